The van der Waals surface area contributed by atoms with Crippen LogP contribution < -0.4 is 0 Å². The van der Waals surface area contributed by atoms with Gasteiger partial charge in [-0.25, -0.2) is 0 Å². The van der Waals surface area contributed by atoms with Crippen LogP contribution in [0.25, 0.3) is 0 Å². The molecule has 0 spiro atoms. The fraction of sp³-hybridized carbons (Fsp3) is 0.900. The third-order valence-corrected chi connectivity index (χ3v) is 2.88. The average Bonchev–Trinajstić information content (AvgIpc) is 2.60. The highest BCUT2D eigenvalue weighted by molar-refractivity contribution is 5.88. The van der Waals surface area contributed by atoms with E-state index in [0.717, 1.165) is 19.4 Å². The molecule has 2 heterocycles. The van der Waals surface area contributed by atoms with E-state index < -0.39 is 5.60 Å². The Morgan fingerprint density at radius 2 is 2.15 bits per heavy atom. The highest BCUT2D eigenvalue weighted by atomic mass is 16.6. The molecule has 3 heteroatoms. The van der Waals surface area contributed by atoms with E-state index in [4.69, 9.17) is 9.47 Å². The van der Waals surface area contributed by atoms with E-state index in [1.807, 2.05) is 13.8 Å². The Bertz CT molecular complexity index is 216. The summed E-state index contributed by atoms with van der Waals surface area (Å²) < 4.78 is 11.2. The van der Waals surface area contributed by atoms with Gasteiger partial charge in [0.25, 0.3) is 0 Å². The Morgan fingerprint density at radius 3 is 2.62 bits per heavy atom. The number of hydrogen-bond acceptors (Lipinski definition) is 3. The molecule has 2 aliphatic rings. The summed E-state index contributed by atoms with van der Waals surface area (Å²) in [7, 11) is 0. The Morgan fingerprint density at radius 1 is 1.38 bits per heavy atom. The highest BCUT2D eigenvalue weighted by Crippen LogP contribution is 2.32. The van der Waals surface area contributed by atoms with Gasteiger partial charge in [0.2, 0.25) is 0 Å². The van der Waals surface area contributed by atoms with Gasteiger partial charge in [-0.05, 0) is 26.7 Å². The summed E-state index contributed by atoms with van der Waals surface area (Å²) in [6.45, 7) is 4.49. The molecule has 2 atom stereocenters. The zero-order chi connectivity index (χ0) is 9.47. The molecule has 0 radical (unpaired) electrons. The van der Waals surface area contributed by atoms with Gasteiger partial charge in [-0.2, -0.15) is 0 Å². The van der Waals surface area contributed by atoms with Crippen molar-refractivity contribution < 1.29 is 14.3 Å². The lowest BCUT2D eigenvalue weighted by atomic mass is 10.0. The van der Waals surface area contributed by atoms with E-state index >= 15 is 0 Å². The predicted octanol–water partition coefficient (Wildman–Crippen LogP) is 1.30. The Hall–Kier alpha value is -0.410. The summed E-state index contributed by atoms with van der Waals surface area (Å²) in [6.07, 6.45) is 2.82. The maximum Gasteiger partial charge on any atom is 0.166 e. The molecule has 2 fully saturated rings. The summed E-state index contributed by atoms with van der Waals surface area (Å²) in [5.74, 6) is 0.202. The molecule has 0 N–H and O–H groups in total. The van der Waals surface area contributed by atoms with Gasteiger partial charge in [0, 0.05) is 13.0 Å². The Kier molecular flexibility index (Phi) is 2.16. The highest BCUT2D eigenvalue weighted by Gasteiger charge is 2.44. The van der Waals surface area contributed by atoms with Crippen LogP contribution in [0.4, 0.5) is 0 Å². The quantitative estimate of drug-likeness (QED) is 0.616. The number of ether oxygens (including phenoxy) is 2. The maximum absolute atomic E-state index is 11.5. The van der Waals surface area contributed by atoms with E-state index in [-0.39, 0.29) is 18.0 Å². The molecule has 13 heavy (non-hydrogen) atoms. The van der Waals surface area contributed by atoms with Gasteiger partial charge in [0.05, 0.1) is 12.2 Å². The molecular weight excluding hydrogens is 168 g/mol. The van der Waals surface area contributed by atoms with Crippen molar-refractivity contribution >= 4 is 5.78 Å². The first kappa shape index (κ1) is 9.16. The zero-order valence-corrected chi connectivity index (χ0v) is 8.21. The van der Waals surface area contributed by atoms with Gasteiger partial charge in [-0.15, -0.1) is 0 Å². The lowest BCUT2D eigenvalue weighted by molar-refractivity contribution is -0.131. The minimum absolute atomic E-state index is 0.00463. The number of carbonyl (C=O) groups is 1. The van der Waals surface area contributed by atoms with Crippen LogP contribution in [0.15, 0.2) is 0 Å². The molecule has 2 aliphatic heterocycles. The van der Waals surface area contributed by atoms with Gasteiger partial charge in [-0.1, -0.05) is 0 Å². The van der Waals surface area contributed by atoms with Gasteiger partial charge in [0.15, 0.2) is 5.78 Å². The molecule has 0 aromatic heterocycles. The largest absolute Gasteiger partial charge is 0.376 e. The third-order valence-electron chi connectivity index (χ3n) is 2.88. The van der Waals surface area contributed by atoms with Crippen molar-refractivity contribution in [2.24, 2.45) is 0 Å². The number of carbonyl (C=O) groups excluding carboxylic acids is 1. The molecule has 2 saturated heterocycles. The summed E-state index contributed by atoms with van der Waals surface area (Å²) in [4.78, 5) is 11.5. The van der Waals surface area contributed by atoms with Crippen molar-refractivity contribution in [1.29, 1.82) is 0 Å². The van der Waals surface area contributed by atoms with Crippen molar-refractivity contribution in [1.82, 2.24) is 0 Å². The summed E-state index contributed by atoms with van der Waals surface area (Å²) in [5, 5.41) is 0. The molecular formula is C10H16O3. The predicted molar refractivity (Wildman–Crippen MR) is 47.6 cm³/mol. The fourth-order valence-electron chi connectivity index (χ4n) is 2.02. The SMILES string of the molecule is CC1(C)OC(C2CCCO2)CC1=O. The molecule has 0 amide bonds. The summed E-state index contributed by atoms with van der Waals surface area (Å²) in [5.41, 5.74) is -0.587. The number of rotatable bonds is 1. The van der Waals surface area contributed by atoms with E-state index in [2.05, 4.69) is 0 Å². The second-order valence-corrected chi connectivity index (χ2v) is 4.35. The Labute approximate surface area is 78.4 Å². The van der Waals surface area contributed by atoms with Crippen LogP contribution >= 0.6 is 0 Å². The Balaban J connectivity index is 2.00. The molecule has 0 saturated carbocycles. The number of hydrogen-bond donors (Lipinski definition) is 0. The van der Waals surface area contributed by atoms with Crippen molar-refractivity contribution in [3.05, 3.63) is 0 Å². The van der Waals surface area contributed by atoms with Gasteiger partial charge in [-0.3, -0.25) is 4.79 Å². The lowest BCUT2D eigenvalue weighted by Crippen LogP contribution is -2.30. The number of ketones is 1. The first-order chi connectivity index (χ1) is 6.09. The van der Waals surface area contributed by atoms with Crippen LogP contribution in [-0.4, -0.2) is 30.2 Å². The molecule has 74 valence electrons. The van der Waals surface area contributed by atoms with Crippen molar-refractivity contribution in [3.8, 4) is 0 Å². The molecule has 2 rings (SSSR count). The van der Waals surface area contributed by atoms with Gasteiger partial charge >= 0.3 is 0 Å². The first-order valence-electron chi connectivity index (χ1n) is 4.92. The summed E-state index contributed by atoms with van der Waals surface area (Å²) in [6, 6.07) is 0. The normalized spacial score (nSPS) is 38.5. The molecule has 2 unspecified atom stereocenters. The monoisotopic (exact) mass is 184 g/mol. The average molecular weight is 184 g/mol. The van der Waals surface area contributed by atoms with Gasteiger partial charge < -0.3 is 9.47 Å². The van der Waals surface area contributed by atoms with Crippen molar-refractivity contribution in [2.45, 2.75) is 50.9 Å². The molecule has 0 aromatic rings. The van der Waals surface area contributed by atoms with Crippen LogP contribution in [0.5, 0.6) is 0 Å². The second-order valence-electron chi connectivity index (χ2n) is 4.35. The van der Waals surface area contributed by atoms with Crippen molar-refractivity contribution in [3.63, 3.8) is 0 Å². The van der Waals surface area contributed by atoms with E-state index in [9.17, 15) is 4.79 Å². The third kappa shape index (κ3) is 1.63. The van der Waals surface area contributed by atoms with Crippen molar-refractivity contribution in [2.75, 3.05) is 6.61 Å². The second kappa shape index (κ2) is 3.07. The molecule has 0 aromatic carbocycles. The van der Waals surface area contributed by atoms with Crippen LogP contribution in [0.2, 0.25) is 0 Å². The molecule has 0 aliphatic carbocycles. The van der Waals surface area contributed by atoms with Crippen LogP contribution in [0, 0.1) is 0 Å². The standard InChI is InChI=1S/C10H16O3/c1-10(2)9(11)6-8(13-10)7-4-3-5-12-7/h7-8H,3-6H2,1-2H3. The zero-order valence-electron chi connectivity index (χ0n) is 8.21. The lowest BCUT2D eigenvalue weighted by Gasteiger charge is -2.21. The summed E-state index contributed by atoms with van der Waals surface area (Å²) >= 11 is 0. The minimum Gasteiger partial charge on any atom is -0.376 e. The fourth-order valence-corrected chi connectivity index (χ4v) is 2.02. The first-order valence-corrected chi connectivity index (χ1v) is 4.92. The molecule has 0 bridgehead atoms. The topological polar surface area (TPSA) is 35.5 Å². The van der Waals surface area contributed by atoms with E-state index in [0.29, 0.717) is 6.42 Å². The van der Waals surface area contributed by atoms with E-state index in [1.54, 1.807) is 0 Å². The molecule has 3 nitrogen and oxygen atoms in total. The van der Waals surface area contributed by atoms with Gasteiger partial charge in [0.1, 0.15) is 5.60 Å². The minimum atomic E-state index is -0.587. The van der Waals surface area contributed by atoms with Crippen LogP contribution in [0.3, 0.4) is 0 Å². The smallest absolute Gasteiger partial charge is 0.166 e. The van der Waals surface area contributed by atoms with Crippen LogP contribution in [-0.2, 0) is 14.3 Å². The van der Waals surface area contributed by atoms with Crippen LogP contribution in [0.1, 0.15) is 33.1 Å². The maximum atomic E-state index is 11.5. The number of Topliss-reactive ketones (excluding diaryl/α,β-unsaturated/α-hetero) is 1. The van der Waals surface area contributed by atoms with E-state index in [1.165, 1.54) is 0 Å².